The van der Waals surface area contributed by atoms with Crippen LogP contribution in [-0.4, -0.2) is 38.0 Å². The van der Waals surface area contributed by atoms with Crippen LogP contribution in [0.3, 0.4) is 0 Å². The van der Waals surface area contributed by atoms with Crippen molar-refractivity contribution in [3.63, 3.8) is 0 Å². The molecule has 0 saturated heterocycles. The number of nitrogens with one attached hydrogen (secondary N) is 2. The molecule has 3 aromatic carbocycles. The van der Waals surface area contributed by atoms with E-state index in [1.165, 1.54) is 30.1 Å². The Morgan fingerprint density at radius 1 is 1.05 bits per heavy atom. The molecule has 1 unspecified atom stereocenters. The summed E-state index contributed by atoms with van der Waals surface area (Å²) >= 11 is 6.20. The van der Waals surface area contributed by atoms with Crippen LogP contribution in [0.4, 0.5) is 5.69 Å². The molecular formula is C29H32ClCoN3O3. The number of aliphatic hydroxyl groups excluding tert-OH is 1. The van der Waals surface area contributed by atoms with Crippen molar-refractivity contribution in [2.75, 3.05) is 25.7 Å². The Balaban J connectivity index is 0.000000339. The van der Waals surface area contributed by atoms with Crippen molar-refractivity contribution < 1.29 is 31.4 Å². The average molecular weight is 565 g/mol. The number of likely N-dealkylation sites (N-methyl/N-ethyl adjacent to an activating group) is 1. The topological polar surface area (TPSA) is 89.6 Å². The second-order valence-electron chi connectivity index (χ2n) is 8.53. The smallest absolute Gasteiger partial charge is 0.214 e. The van der Waals surface area contributed by atoms with Gasteiger partial charge in [0.25, 0.3) is 0 Å². The summed E-state index contributed by atoms with van der Waals surface area (Å²) in [6.07, 6.45) is 4.09. The first-order valence-corrected chi connectivity index (χ1v) is 12.0. The summed E-state index contributed by atoms with van der Waals surface area (Å²) in [6, 6.07) is 21.1. The largest absolute Gasteiger partial charge is 0.497 e. The molecule has 0 aliphatic carbocycles. The molecule has 37 heavy (non-hydrogen) atoms. The number of ether oxygens (including phenoxy) is 2. The molecule has 1 aliphatic rings. The van der Waals surface area contributed by atoms with E-state index in [0.29, 0.717) is 11.3 Å². The van der Waals surface area contributed by atoms with Gasteiger partial charge in [-0.05, 0) is 79.9 Å². The van der Waals surface area contributed by atoms with Crippen LogP contribution in [0.1, 0.15) is 30.5 Å². The second kappa shape index (κ2) is 13.3. The molecule has 3 aromatic rings. The summed E-state index contributed by atoms with van der Waals surface area (Å²) in [5.41, 5.74) is 4.88. The van der Waals surface area contributed by atoms with Crippen molar-refractivity contribution in [2.24, 2.45) is 0 Å². The number of para-hydroxylation sites is 1. The van der Waals surface area contributed by atoms with Crippen LogP contribution in [-0.2, 0) is 28.6 Å². The van der Waals surface area contributed by atoms with E-state index in [2.05, 4.69) is 36.9 Å². The van der Waals surface area contributed by atoms with E-state index >= 15 is 0 Å². The fraction of sp³-hybridized carbons (Fsp3) is 0.241. The van der Waals surface area contributed by atoms with Gasteiger partial charge in [0, 0.05) is 51.4 Å². The molecular weight excluding hydrogens is 533 g/mol. The fourth-order valence-electron chi connectivity index (χ4n) is 4.66. The number of fused-ring (bicyclic) bond motifs is 1. The molecule has 1 radical (unpaired) electrons. The summed E-state index contributed by atoms with van der Waals surface area (Å²) in [6.45, 7) is 5.22. The number of allylic oxidation sites excluding steroid dienone is 2. The van der Waals surface area contributed by atoms with Crippen molar-refractivity contribution in [3.8, 4) is 11.5 Å². The van der Waals surface area contributed by atoms with Crippen molar-refractivity contribution in [3.05, 3.63) is 100 Å². The fourth-order valence-corrected chi connectivity index (χ4v) is 4.87. The number of hydrogen-bond donors (Lipinski definition) is 3. The van der Waals surface area contributed by atoms with E-state index < -0.39 is 5.90 Å². The van der Waals surface area contributed by atoms with Gasteiger partial charge < -0.3 is 24.9 Å². The Labute approximate surface area is 234 Å². The average Bonchev–Trinajstić information content (AvgIpc) is 3.11. The Morgan fingerprint density at radius 3 is 2.35 bits per heavy atom. The molecule has 0 amide bonds. The molecule has 1 aliphatic heterocycles. The second-order valence-corrected chi connectivity index (χ2v) is 8.97. The Hall–Kier alpha value is -3.26. The van der Waals surface area contributed by atoms with E-state index in [1.807, 2.05) is 30.3 Å². The monoisotopic (exact) mass is 564 g/mol. The van der Waals surface area contributed by atoms with Crippen molar-refractivity contribution in [1.29, 1.82) is 10.8 Å². The van der Waals surface area contributed by atoms with Crippen molar-refractivity contribution in [2.45, 2.75) is 25.7 Å². The number of anilines is 1. The molecule has 0 fully saturated rings. The molecule has 0 saturated carbocycles. The van der Waals surface area contributed by atoms with Gasteiger partial charge in [-0.15, -0.1) is 0 Å². The maximum absolute atomic E-state index is 8.84. The van der Waals surface area contributed by atoms with E-state index in [1.54, 1.807) is 31.4 Å². The molecule has 1 heterocycles. The summed E-state index contributed by atoms with van der Waals surface area (Å²) < 4.78 is 10.4. The molecule has 0 bridgehead atoms. The van der Waals surface area contributed by atoms with Crippen molar-refractivity contribution in [1.82, 2.24) is 0 Å². The van der Waals surface area contributed by atoms with Gasteiger partial charge in [0.15, 0.2) is 0 Å². The Kier molecular flexibility index (Phi) is 10.8. The number of benzene rings is 3. The van der Waals surface area contributed by atoms with Crippen LogP contribution in [0.2, 0.25) is 5.02 Å². The maximum atomic E-state index is 8.84. The number of hydrogen-bond acceptors (Lipinski definition) is 5. The van der Waals surface area contributed by atoms with Gasteiger partial charge in [0.05, 0.1) is 19.8 Å². The minimum atomic E-state index is -0.470. The van der Waals surface area contributed by atoms with Gasteiger partial charge >= 0.3 is 0 Å². The van der Waals surface area contributed by atoms with Crippen LogP contribution in [0.25, 0.3) is 0 Å². The van der Waals surface area contributed by atoms with Gasteiger partial charge in [0.1, 0.15) is 11.5 Å². The Morgan fingerprint density at radius 2 is 1.78 bits per heavy atom. The molecule has 0 aromatic heterocycles. The van der Waals surface area contributed by atoms with Crippen LogP contribution < -0.4 is 14.4 Å². The molecule has 1 atom stereocenters. The molecule has 0 spiro atoms. The quantitative estimate of drug-likeness (QED) is 0.217. The zero-order valence-corrected chi connectivity index (χ0v) is 23.1. The van der Waals surface area contributed by atoms with E-state index in [-0.39, 0.29) is 22.2 Å². The zero-order chi connectivity index (χ0) is 26.3. The maximum Gasteiger partial charge on any atom is 0.214 e. The number of nitrogens with zero attached hydrogens (tertiary/aromatic N) is 1. The van der Waals surface area contributed by atoms with E-state index in [0.717, 1.165) is 29.4 Å². The summed E-state index contributed by atoms with van der Waals surface area (Å²) in [7, 11) is 3.19. The first-order valence-electron chi connectivity index (χ1n) is 11.6. The molecule has 3 N–H and O–H groups in total. The zero-order valence-electron chi connectivity index (χ0n) is 21.3. The summed E-state index contributed by atoms with van der Waals surface area (Å²) in [5.74, 6) is 0.894. The summed E-state index contributed by atoms with van der Waals surface area (Å²) in [5, 5.41) is 24.2. The predicted molar refractivity (Wildman–Crippen MR) is 148 cm³/mol. The van der Waals surface area contributed by atoms with Crippen LogP contribution >= 0.6 is 11.6 Å². The van der Waals surface area contributed by atoms with E-state index in [4.69, 9.17) is 37.0 Å². The third kappa shape index (κ3) is 6.55. The minimum Gasteiger partial charge on any atom is -0.497 e. The van der Waals surface area contributed by atoms with Crippen LogP contribution in [0.15, 0.2) is 78.5 Å². The standard InChI is InChI=1S/C21H23ClN2O.C8H9NO2.Co/c1-4-24-19-9-8-17(25-3)13-18(19)21(2,20(24)10-11-23)14-15-6-5-7-16(22)12-15;1-11-7-5-3-2-4-6(7)8(9)10;/h5-13,23H,4,14H2,1-3H3;2-5H,1H3,(H2,9,10);/b20-10-,23-11?;;. The van der Waals surface area contributed by atoms with Gasteiger partial charge in [-0.3, -0.25) is 5.41 Å². The first-order chi connectivity index (χ1) is 17.3. The number of halogens is 1. The third-order valence-electron chi connectivity index (χ3n) is 6.31. The molecule has 8 heteroatoms. The Bertz CT molecular complexity index is 1280. The molecule has 6 nitrogen and oxygen atoms in total. The summed E-state index contributed by atoms with van der Waals surface area (Å²) in [4.78, 5) is 2.28. The predicted octanol–water partition coefficient (Wildman–Crippen LogP) is 6.80. The SMILES string of the molecule is CCN1/C(=C\C=N)C(C)(Cc2cccc(Cl)c2)c2cc(OC)ccc21.COc1ccccc1C(=N)O.[Co]. The van der Waals surface area contributed by atoms with Gasteiger partial charge in [-0.1, -0.05) is 35.9 Å². The first kappa shape index (κ1) is 30.0. The number of methoxy groups -OCH3 is 2. The van der Waals surface area contributed by atoms with E-state index in [9.17, 15) is 0 Å². The third-order valence-corrected chi connectivity index (χ3v) is 6.55. The molecule has 4 rings (SSSR count). The van der Waals surface area contributed by atoms with Gasteiger partial charge in [0.2, 0.25) is 5.90 Å². The van der Waals surface area contributed by atoms with Gasteiger partial charge in [-0.25, -0.2) is 0 Å². The molecule has 197 valence electrons. The number of aliphatic hydroxyl groups is 1. The number of rotatable bonds is 7. The van der Waals surface area contributed by atoms with Crippen molar-refractivity contribution >= 4 is 29.4 Å². The minimum absolute atomic E-state index is 0. The van der Waals surface area contributed by atoms with Crippen LogP contribution in [0.5, 0.6) is 11.5 Å². The normalized spacial score (nSPS) is 16.7. The van der Waals surface area contributed by atoms with Gasteiger partial charge in [-0.2, -0.15) is 0 Å². The van der Waals surface area contributed by atoms with Crippen LogP contribution in [0, 0.1) is 10.8 Å².